The van der Waals surface area contributed by atoms with Crippen LogP contribution in [-0.4, -0.2) is 13.2 Å². The number of halogens is 1. The smallest absolute Gasteiger partial charge is 0.137 e. The maximum absolute atomic E-state index is 6.20. The molecule has 0 amide bonds. The van der Waals surface area contributed by atoms with Gasteiger partial charge in [-0.3, -0.25) is 0 Å². The van der Waals surface area contributed by atoms with Crippen LogP contribution in [0.15, 0.2) is 18.2 Å². The van der Waals surface area contributed by atoms with Crippen molar-refractivity contribution in [1.29, 1.82) is 0 Å². The number of hydrogen-bond acceptors (Lipinski definition) is 2. The molecule has 0 aliphatic carbocycles. The van der Waals surface area contributed by atoms with E-state index >= 15 is 0 Å². The van der Waals surface area contributed by atoms with Crippen LogP contribution < -0.4 is 10.5 Å². The number of rotatable bonds is 6. The van der Waals surface area contributed by atoms with Gasteiger partial charge in [-0.1, -0.05) is 31.5 Å². The van der Waals surface area contributed by atoms with Crippen LogP contribution in [0.5, 0.6) is 5.75 Å². The summed E-state index contributed by atoms with van der Waals surface area (Å²) in [6.45, 7) is 7.72. The quantitative estimate of drug-likeness (QED) is 0.839. The lowest BCUT2D eigenvalue weighted by Gasteiger charge is -2.21. The molecule has 0 heterocycles. The first-order chi connectivity index (χ1) is 8.10. The van der Waals surface area contributed by atoms with Crippen molar-refractivity contribution in [1.82, 2.24) is 0 Å². The average Bonchev–Trinajstić information content (AvgIpc) is 2.28. The Morgan fingerprint density at radius 1 is 1.35 bits per heavy atom. The van der Waals surface area contributed by atoms with Crippen molar-refractivity contribution in [3.05, 3.63) is 28.8 Å². The maximum atomic E-state index is 6.20. The van der Waals surface area contributed by atoms with Crippen LogP contribution in [0.2, 0.25) is 5.02 Å². The normalized spacial score (nSPS) is 12.8. The Hall–Kier alpha value is -0.730. The highest BCUT2D eigenvalue weighted by atomic mass is 35.5. The zero-order valence-corrected chi connectivity index (χ0v) is 11.6. The third-order valence-electron chi connectivity index (χ3n) is 2.97. The monoisotopic (exact) mass is 255 g/mol. The minimum absolute atomic E-state index is 0.466. The Morgan fingerprint density at radius 2 is 2.06 bits per heavy atom. The molecule has 17 heavy (non-hydrogen) atoms. The molecule has 1 aromatic carbocycles. The molecule has 0 saturated heterocycles. The largest absolute Gasteiger partial charge is 0.492 e. The lowest BCUT2D eigenvalue weighted by Crippen LogP contribution is -2.12. The minimum atomic E-state index is 0.466. The highest BCUT2D eigenvalue weighted by Gasteiger charge is 2.16. The summed E-state index contributed by atoms with van der Waals surface area (Å²) in [5.41, 5.74) is 6.91. The van der Waals surface area contributed by atoms with Crippen LogP contribution in [0, 0.1) is 5.92 Å². The average molecular weight is 256 g/mol. The molecular formula is C14H22ClNO. The molecule has 0 aliphatic rings. The van der Waals surface area contributed by atoms with E-state index in [-0.39, 0.29) is 0 Å². The summed E-state index contributed by atoms with van der Waals surface area (Å²) in [4.78, 5) is 0. The van der Waals surface area contributed by atoms with Crippen LogP contribution in [0.25, 0.3) is 0 Å². The van der Waals surface area contributed by atoms with Gasteiger partial charge in [-0.25, -0.2) is 0 Å². The van der Waals surface area contributed by atoms with Crippen LogP contribution in [0.1, 0.15) is 38.7 Å². The highest BCUT2D eigenvalue weighted by Crippen LogP contribution is 2.33. The predicted octanol–water partition coefficient (Wildman–Crippen LogP) is 3.83. The molecule has 3 heteroatoms. The zero-order valence-electron chi connectivity index (χ0n) is 10.9. The summed E-state index contributed by atoms with van der Waals surface area (Å²) in [5, 5.41) is 0.687. The molecule has 2 nitrogen and oxygen atoms in total. The van der Waals surface area contributed by atoms with Crippen molar-refractivity contribution in [2.24, 2.45) is 11.7 Å². The van der Waals surface area contributed by atoms with E-state index in [1.807, 2.05) is 19.1 Å². The Bertz CT molecular complexity index is 352. The van der Waals surface area contributed by atoms with E-state index in [2.05, 4.69) is 19.9 Å². The van der Waals surface area contributed by atoms with Gasteiger partial charge in [-0.15, -0.1) is 0 Å². The van der Waals surface area contributed by atoms with Gasteiger partial charge in [0, 0.05) is 0 Å². The number of nitrogens with two attached hydrogens (primary N) is 1. The molecule has 1 rings (SSSR count). The van der Waals surface area contributed by atoms with Crippen molar-refractivity contribution >= 4 is 11.6 Å². The van der Waals surface area contributed by atoms with Crippen molar-refractivity contribution in [2.75, 3.05) is 13.2 Å². The van der Waals surface area contributed by atoms with Crippen molar-refractivity contribution in [3.63, 3.8) is 0 Å². The predicted molar refractivity (Wildman–Crippen MR) is 73.9 cm³/mol. The molecule has 0 fully saturated rings. The fourth-order valence-electron chi connectivity index (χ4n) is 2.08. The summed E-state index contributed by atoms with van der Waals surface area (Å²) < 4.78 is 5.44. The van der Waals surface area contributed by atoms with Crippen LogP contribution in [0.4, 0.5) is 0 Å². The third kappa shape index (κ3) is 3.90. The SMILES string of the molecule is CCOc1ccc(C(CCN)C(C)C)cc1Cl. The molecule has 1 atom stereocenters. The topological polar surface area (TPSA) is 35.2 Å². The van der Waals surface area contributed by atoms with Gasteiger partial charge >= 0.3 is 0 Å². The van der Waals surface area contributed by atoms with Gasteiger partial charge in [0.1, 0.15) is 5.75 Å². The first-order valence-electron chi connectivity index (χ1n) is 6.22. The van der Waals surface area contributed by atoms with Crippen molar-refractivity contribution in [3.8, 4) is 5.75 Å². The fourth-order valence-corrected chi connectivity index (χ4v) is 2.33. The molecule has 0 bridgehead atoms. The molecule has 2 N–H and O–H groups in total. The van der Waals surface area contributed by atoms with Crippen LogP contribution in [0.3, 0.4) is 0 Å². The van der Waals surface area contributed by atoms with Gasteiger partial charge in [0.2, 0.25) is 0 Å². The Kier molecular flexibility index (Phi) is 5.79. The van der Waals surface area contributed by atoms with E-state index < -0.39 is 0 Å². The molecule has 1 aromatic rings. The summed E-state index contributed by atoms with van der Waals surface area (Å²) in [6, 6.07) is 6.05. The van der Waals surface area contributed by atoms with Gasteiger partial charge in [-0.2, -0.15) is 0 Å². The lowest BCUT2D eigenvalue weighted by molar-refractivity contribution is 0.340. The molecule has 1 unspecified atom stereocenters. The van der Waals surface area contributed by atoms with Gasteiger partial charge in [0.05, 0.1) is 11.6 Å². The second-order valence-corrected chi connectivity index (χ2v) is 4.96. The standard InChI is InChI=1S/C14H22ClNO/c1-4-17-14-6-5-11(9-13(14)15)12(7-8-16)10(2)3/h5-6,9-10,12H,4,7-8,16H2,1-3H3. The molecule has 0 spiro atoms. The van der Waals surface area contributed by atoms with Crippen LogP contribution in [-0.2, 0) is 0 Å². The summed E-state index contributed by atoms with van der Waals surface area (Å²) in [5.74, 6) is 1.79. The third-order valence-corrected chi connectivity index (χ3v) is 3.26. The van der Waals surface area contributed by atoms with E-state index in [1.165, 1.54) is 5.56 Å². The van der Waals surface area contributed by atoms with Gasteiger partial charge in [0.25, 0.3) is 0 Å². The van der Waals surface area contributed by atoms with Gasteiger partial charge in [0.15, 0.2) is 0 Å². The molecular weight excluding hydrogens is 234 g/mol. The second-order valence-electron chi connectivity index (χ2n) is 4.55. The van der Waals surface area contributed by atoms with E-state index in [0.29, 0.717) is 30.0 Å². The summed E-state index contributed by atoms with van der Waals surface area (Å²) in [7, 11) is 0. The van der Waals surface area contributed by atoms with E-state index in [9.17, 15) is 0 Å². The first kappa shape index (κ1) is 14.3. The summed E-state index contributed by atoms with van der Waals surface area (Å²) >= 11 is 6.20. The highest BCUT2D eigenvalue weighted by molar-refractivity contribution is 6.32. The number of hydrogen-bond donors (Lipinski definition) is 1. The Labute approximate surface area is 109 Å². The maximum Gasteiger partial charge on any atom is 0.137 e. The molecule has 0 saturated carbocycles. The van der Waals surface area contributed by atoms with Gasteiger partial charge < -0.3 is 10.5 Å². The summed E-state index contributed by atoms with van der Waals surface area (Å²) in [6.07, 6.45) is 0.988. The van der Waals surface area contributed by atoms with Crippen molar-refractivity contribution in [2.45, 2.75) is 33.1 Å². The van der Waals surface area contributed by atoms with Crippen LogP contribution >= 0.6 is 11.6 Å². The molecule has 96 valence electrons. The molecule has 0 radical (unpaired) electrons. The zero-order chi connectivity index (χ0) is 12.8. The Balaban J connectivity index is 2.93. The second kappa shape index (κ2) is 6.87. The van der Waals surface area contributed by atoms with E-state index in [4.69, 9.17) is 22.1 Å². The van der Waals surface area contributed by atoms with E-state index in [0.717, 1.165) is 12.2 Å². The number of ether oxygens (including phenoxy) is 1. The minimum Gasteiger partial charge on any atom is -0.492 e. The fraction of sp³-hybridized carbons (Fsp3) is 0.571. The Morgan fingerprint density at radius 3 is 2.53 bits per heavy atom. The molecule has 0 aromatic heterocycles. The lowest BCUT2D eigenvalue weighted by atomic mass is 9.86. The van der Waals surface area contributed by atoms with E-state index in [1.54, 1.807) is 0 Å². The van der Waals surface area contributed by atoms with Crippen molar-refractivity contribution < 1.29 is 4.74 Å². The first-order valence-corrected chi connectivity index (χ1v) is 6.60. The van der Waals surface area contributed by atoms with Gasteiger partial charge in [-0.05, 0) is 49.4 Å². The number of benzene rings is 1. The molecule has 0 aliphatic heterocycles.